The Morgan fingerprint density at radius 3 is 2.35 bits per heavy atom. The standard InChI is InChI=1S/C17H18FN3O5/c1-19-15(24)11-4-3-10(9-12(11)18)20-17(7-2-8-17)16(25)26-21-13(22)5-6-14(21)23/h3-4,9,20H,2,5-8H2,1H3,(H,19,24). The maximum atomic E-state index is 14.1. The summed E-state index contributed by atoms with van der Waals surface area (Å²) in [5, 5.41) is 5.76. The summed E-state index contributed by atoms with van der Waals surface area (Å²) in [5.74, 6) is -3.17. The molecule has 0 aromatic heterocycles. The Labute approximate surface area is 148 Å². The fourth-order valence-electron chi connectivity index (χ4n) is 2.93. The summed E-state index contributed by atoms with van der Waals surface area (Å²) in [6.07, 6.45) is 1.60. The zero-order valence-corrected chi connectivity index (χ0v) is 14.1. The minimum Gasteiger partial charge on any atom is -0.370 e. The maximum Gasteiger partial charge on any atom is 0.358 e. The molecule has 1 heterocycles. The number of imide groups is 1. The minimum atomic E-state index is -1.13. The van der Waals surface area contributed by atoms with Gasteiger partial charge in [0.15, 0.2) is 0 Å². The smallest absolute Gasteiger partial charge is 0.358 e. The number of carbonyl (C=O) groups excluding carboxylic acids is 4. The van der Waals surface area contributed by atoms with Crippen LogP contribution in [-0.2, 0) is 19.2 Å². The van der Waals surface area contributed by atoms with Gasteiger partial charge in [-0.1, -0.05) is 0 Å². The number of anilines is 1. The molecular formula is C17H18FN3O5. The Hall–Kier alpha value is -2.97. The average molecular weight is 363 g/mol. The molecule has 2 aliphatic rings. The molecule has 3 amide bonds. The van der Waals surface area contributed by atoms with Crippen LogP contribution in [0.1, 0.15) is 42.5 Å². The second-order valence-corrected chi connectivity index (χ2v) is 6.30. The molecule has 1 aromatic rings. The maximum absolute atomic E-state index is 14.1. The lowest BCUT2D eigenvalue weighted by Crippen LogP contribution is -2.55. The summed E-state index contributed by atoms with van der Waals surface area (Å²) in [7, 11) is 1.40. The SMILES string of the molecule is CNC(=O)c1ccc(NC2(C(=O)ON3C(=O)CCC3=O)CCC2)cc1F. The van der Waals surface area contributed by atoms with Crippen LogP contribution >= 0.6 is 0 Å². The van der Waals surface area contributed by atoms with Crippen molar-refractivity contribution in [3.05, 3.63) is 29.6 Å². The van der Waals surface area contributed by atoms with E-state index in [4.69, 9.17) is 4.84 Å². The molecule has 138 valence electrons. The molecule has 1 saturated heterocycles. The van der Waals surface area contributed by atoms with Gasteiger partial charge in [0.1, 0.15) is 11.4 Å². The summed E-state index contributed by atoms with van der Waals surface area (Å²) in [5.41, 5.74) is -0.952. The molecule has 1 aromatic carbocycles. The van der Waals surface area contributed by atoms with Gasteiger partial charge in [-0.25, -0.2) is 9.18 Å². The van der Waals surface area contributed by atoms with Gasteiger partial charge < -0.3 is 15.5 Å². The number of halogens is 1. The lowest BCUT2D eigenvalue weighted by molar-refractivity contribution is -0.202. The van der Waals surface area contributed by atoms with Crippen LogP contribution in [0.5, 0.6) is 0 Å². The van der Waals surface area contributed by atoms with Crippen LogP contribution in [0.4, 0.5) is 10.1 Å². The van der Waals surface area contributed by atoms with Crippen LogP contribution in [0.2, 0.25) is 0 Å². The third-order valence-corrected chi connectivity index (χ3v) is 4.60. The fourth-order valence-corrected chi connectivity index (χ4v) is 2.93. The van der Waals surface area contributed by atoms with Crippen LogP contribution in [0, 0.1) is 5.82 Å². The molecule has 3 rings (SSSR count). The van der Waals surface area contributed by atoms with Gasteiger partial charge in [0, 0.05) is 25.6 Å². The lowest BCUT2D eigenvalue weighted by atomic mass is 9.76. The molecule has 0 atom stereocenters. The van der Waals surface area contributed by atoms with Crippen molar-refractivity contribution in [2.75, 3.05) is 12.4 Å². The largest absolute Gasteiger partial charge is 0.370 e. The molecule has 1 saturated carbocycles. The lowest BCUT2D eigenvalue weighted by Gasteiger charge is -2.40. The second-order valence-electron chi connectivity index (χ2n) is 6.30. The van der Waals surface area contributed by atoms with E-state index in [9.17, 15) is 23.6 Å². The Balaban J connectivity index is 1.75. The summed E-state index contributed by atoms with van der Waals surface area (Å²) in [4.78, 5) is 52.3. The van der Waals surface area contributed by atoms with Crippen LogP contribution in [-0.4, -0.2) is 41.3 Å². The van der Waals surface area contributed by atoms with Gasteiger partial charge in [0.2, 0.25) is 0 Å². The zero-order chi connectivity index (χ0) is 18.9. The molecule has 2 fully saturated rings. The zero-order valence-electron chi connectivity index (χ0n) is 14.1. The van der Waals surface area contributed by atoms with Crippen LogP contribution in [0.15, 0.2) is 18.2 Å². The van der Waals surface area contributed by atoms with Gasteiger partial charge in [-0.3, -0.25) is 14.4 Å². The highest BCUT2D eigenvalue weighted by Gasteiger charge is 2.48. The first-order valence-electron chi connectivity index (χ1n) is 8.24. The van der Waals surface area contributed by atoms with E-state index >= 15 is 0 Å². The van der Waals surface area contributed by atoms with Crippen molar-refractivity contribution in [2.24, 2.45) is 0 Å². The average Bonchev–Trinajstić information content (AvgIpc) is 2.89. The predicted molar refractivity (Wildman–Crippen MR) is 87.2 cm³/mol. The number of hydroxylamine groups is 2. The summed E-state index contributed by atoms with van der Waals surface area (Å²) < 4.78 is 14.1. The van der Waals surface area contributed by atoms with Gasteiger partial charge in [0.25, 0.3) is 17.7 Å². The number of amides is 3. The van der Waals surface area contributed by atoms with Gasteiger partial charge in [-0.2, -0.15) is 0 Å². The van der Waals surface area contributed by atoms with Crippen LogP contribution in [0.3, 0.4) is 0 Å². The molecular weight excluding hydrogens is 345 g/mol. The van der Waals surface area contributed by atoms with E-state index in [2.05, 4.69) is 10.6 Å². The number of hydrogen-bond donors (Lipinski definition) is 2. The third kappa shape index (κ3) is 3.12. The first kappa shape index (κ1) is 17.8. The van der Waals surface area contributed by atoms with E-state index in [1.54, 1.807) is 0 Å². The molecule has 9 heteroatoms. The normalized spacial score (nSPS) is 18.3. The number of nitrogens with one attached hydrogen (secondary N) is 2. The minimum absolute atomic E-state index is 0.0126. The van der Waals surface area contributed by atoms with Gasteiger partial charge >= 0.3 is 5.97 Å². The second kappa shape index (κ2) is 6.74. The fraction of sp³-hybridized carbons (Fsp3) is 0.412. The topological polar surface area (TPSA) is 105 Å². The van der Waals surface area contributed by atoms with E-state index in [1.165, 1.54) is 19.2 Å². The third-order valence-electron chi connectivity index (χ3n) is 4.60. The summed E-state index contributed by atoms with van der Waals surface area (Å²) in [6, 6.07) is 3.90. The molecule has 0 radical (unpaired) electrons. The molecule has 26 heavy (non-hydrogen) atoms. The van der Waals surface area contributed by atoms with Gasteiger partial charge in [-0.05, 0) is 37.5 Å². The van der Waals surface area contributed by atoms with Gasteiger partial charge in [0.05, 0.1) is 5.56 Å². The van der Waals surface area contributed by atoms with E-state index < -0.39 is 35.0 Å². The molecule has 0 spiro atoms. The van der Waals surface area contributed by atoms with Crippen molar-refractivity contribution in [1.82, 2.24) is 10.4 Å². The number of hydrogen-bond acceptors (Lipinski definition) is 6. The first-order chi connectivity index (χ1) is 12.4. The highest BCUT2D eigenvalue weighted by molar-refractivity contribution is 6.02. The van der Waals surface area contributed by atoms with Crippen LogP contribution in [0.25, 0.3) is 0 Å². The summed E-state index contributed by atoms with van der Waals surface area (Å²) in [6.45, 7) is 0. The van der Waals surface area contributed by atoms with Crippen molar-refractivity contribution < 1.29 is 28.4 Å². The van der Waals surface area contributed by atoms with Crippen LogP contribution < -0.4 is 10.6 Å². The number of benzene rings is 1. The van der Waals surface area contributed by atoms with E-state index in [-0.39, 0.29) is 18.4 Å². The molecule has 1 aliphatic heterocycles. The Morgan fingerprint density at radius 1 is 1.19 bits per heavy atom. The number of rotatable bonds is 5. The van der Waals surface area contributed by atoms with E-state index in [0.29, 0.717) is 23.6 Å². The monoisotopic (exact) mass is 363 g/mol. The highest BCUT2D eigenvalue weighted by atomic mass is 19.1. The Morgan fingerprint density at radius 2 is 1.85 bits per heavy atom. The van der Waals surface area contributed by atoms with Crippen molar-refractivity contribution in [3.8, 4) is 0 Å². The molecule has 8 nitrogen and oxygen atoms in total. The van der Waals surface area contributed by atoms with Crippen molar-refractivity contribution in [3.63, 3.8) is 0 Å². The number of carbonyl (C=O) groups is 4. The van der Waals surface area contributed by atoms with Gasteiger partial charge in [-0.15, -0.1) is 5.06 Å². The number of nitrogens with zero attached hydrogens (tertiary/aromatic N) is 1. The van der Waals surface area contributed by atoms with Crippen molar-refractivity contribution in [2.45, 2.75) is 37.6 Å². The summed E-state index contributed by atoms with van der Waals surface area (Å²) >= 11 is 0. The first-order valence-corrected chi connectivity index (χ1v) is 8.24. The predicted octanol–water partition coefficient (Wildman–Crippen LogP) is 1.13. The van der Waals surface area contributed by atoms with E-state index in [1.807, 2.05) is 0 Å². The molecule has 2 N–H and O–H groups in total. The molecule has 0 bridgehead atoms. The van der Waals surface area contributed by atoms with Crippen molar-refractivity contribution in [1.29, 1.82) is 0 Å². The Kier molecular flexibility index (Phi) is 4.62. The van der Waals surface area contributed by atoms with E-state index in [0.717, 1.165) is 12.5 Å². The molecule has 1 aliphatic carbocycles. The highest BCUT2D eigenvalue weighted by Crippen LogP contribution is 2.37. The quantitative estimate of drug-likeness (QED) is 0.760. The Bertz CT molecular complexity index is 775. The van der Waals surface area contributed by atoms with Crippen molar-refractivity contribution >= 4 is 29.4 Å². The molecule has 0 unspecified atom stereocenters.